The standard InChI is InChI=1S/C13H27N3O2S/c1-5-16(11-12(2)3)19(17,18)15(4)10-6-9-14-13-7-8-13/h13-14H,2,5-11H2,1,3-4H3. The van der Waals surface area contributed by atoms with Gasteiger partial charge in [0.2, 0.25) is 0 Å². The molecule has 6 heteroatoms. The van der Waals surface area contributed by atoms with Gasteiger partial charge in [-0.2, -0.15) is 17.0 Å². The van der Waals surface area contributed by atoms with Gasteiger partial charge < -0.3 is 5.32 Å². The zero-order valence-corrected chi connectivity index (χ0v) is 13.2. The van der Waals surface area contributed by atoms with Gasteiger partial charge in [-0.15, -0.1) is 0 Å². The van der Waals surface area contributed by atoms with Crippen LogP contribution in [0.25, 0.3) is 0 Å². The average molecular weight is 289 g/mol. The summed E-state index contributed by atoms with van der Waals surface area (Å²) in [5.41, 5.74) is 0.856. The first-order chi connectivity index (χ1) is 8.87. The molecule has 0 amide bonds. The number of nitrogens with one attached hydrogen (secondary N) is 1. The first-order valence-corrected chi connectivity index (χ1v) is 8.36. The number of hydrogen-bond acceptors (Lipinski definition) is 3. The Morgan fingerprint density at radius 3 is 2.53 bits per heavy atom. The Hall–Kier alpha value is -0.430. The summed E-state index contributed by atoms with van der Waals surface area (Å²) in [5, 5.41) is 3.39. The third kappa shape index (κ3) is 5.60. The Morgan fingerprint density at radius 1 is 1.42 bits per heavy atom. The third-order valence-corrected chi connectivity index (χ3v) is 5.19. The van der Waals surface area contributed by atoms with Crippen molar-refractivity contribution in [3.05, 3.63) is 12.2 Å². The zero-order valence-electron chi connectivity index (χ0n) is 12.4. The molecule has 0 heterocycles. The van der Waals surface area contributed by atoms with E-state index < -0.39 is 10.2 Å². The van der Waals surface area contributed by atoms with Crippen LogP contribution < -0.4 is 5.32 Å². The van der Waals surface area contributed by atoms with Crippen molar-refractivity contribution in [2.75, 3.05) is 33.2 Å². The van der Waals surface area contributed by atoms with Crippen LogP contribution in [-0.4, -0.2) is 56.3 Å². The van der Waals surface area contributed by atoms with Crippen molar-refractivity contribution in [2.45, 2.75) is 39.2 Å². The minimum absolute atomic E-state index is 0.392. The molecule has 0 aliphatic heterocycles. The Balaban J connectivity index is 2.40. The molecule has 1 N–H and O–H groups in total. The highest BCUT2D eigenvalue weighted by molar-refractivity contribution is 7.86. The molecule has 0 aromatic heterocycles. The van der Waals surface area contributed by atoms with Crippen molar-refractivity contribution >= 4 is 10.2 Å². The Labute approximate surface area is 117 Å². The molecule has 1 fully saturated rings. The molecule has 1 rings (SSSR count). The summed E-state index contributed by atoms with van der Waals surface area (Å²) in [6, 6.07) is 0.678. The molecule has 5 nitrogen and oxygen atoms in total. The largest absolute Gasteiger partial charge is 0.314 e. The number of hydrogen-bond donors (Lipinski definition) is 1. The molecule has 112 valence electrons. The molecule has 0 bridgehead atoms. The van der Waals surface area contributed by atoms with Gasteiger partial charge in [0.25, 0.3) is 10.2 Å². The maximum Gasteiger partial charge on any atom is 0.282 e. The van der Waals surface area contributed by atoms with Crippen molar-refractivity contribution in [3.8, 4) is 0 Å². The van der Waals surface area contributed by atoms with Crippen LogP contribution in [0.15, 0.2) is 12.2 Å². The molecular formula is C13H27N3O2S. The van der Waals surface area contributed by atoms with E-state index >= 15 is 0 Å². The Morgan fingerprint density at radius 2 is 2.05 bits per heavy atom. The van der Waals surface area contributed by atoms with Crippen molar-refractivity contribution in [2.24, 2.45) is 0 Å². The van der Waals surface area contributed by atoms with Gasteiger partial charge in [-0.1, -0.05) is 19.1 Å². The van der Waals surface area contributed by atoms with Crippen LogP contribution >= 0.6 is 0 Å². The van der Waals surface area contributed by atoms with Crippen LogP contribution in [0.2, 0.25) is 0 Å². The molecule has 0 saturated heterocycles. The zero-order chi connectivity index (χ0) is 14.5. The van der Waals surface area contributed by atoms with Crippen LogP contribution in [0.4, 0.5) is 0 Å². The highest BCUT2D eigenvalue weighted by Crippen LogP contribution is 2.18. The van der Waals surface area contributed by atoms with E-state index in [2.05, 4.69) is 11.9 Å². The highest BCUT2D eigenvalue weighted by Gasteiger charge is 2.25. The molecule has 0 radical (unpaired) electrons. The maximum absolute atomic E-state index is 12.3. The Bertz CT molecular complexity index is 391. The summed E-state index contributed by atoms with van der Waals surface area (Å²) < 4.78 is 27.6. The summed E-state index contributed by atoms with van der Waals surface area (Å²) >= 11 is 0. The van der Waals surface area contributed by atoms with E-state index in [1.165, 1.54) is 21.5 Å². The van der Waals surface area contributed by atoms with Gasteiger partial charge in [0.15, 0.2) is 0 Å². The quantitative estimate of drug-likeness (QED) is 0.486. The van der Waals surface area contributed by atoms with E-state index in [1.54, 1.807) is 7.05 Å². The lowest BCUT2D eigenvalue weighted by Crippen LogP contribution is -2.43. The molecule has 0 aromatic rings. The number of likely N-dealkylation sites (N-methyl/N-ethyl adjacent to an activating group) is 1. The van der Waals surface area contributed by atoms with E-state index in [-0.39, 0.29) is 0 Å². The molecule has 0 spiro atoms. The van der Waals surface area contributed by atoms with Crippen molar-refractivity contribution in [1.29, 1.82) is 0 Å². The smallest absolute Gasteiger partial charge is 0.282 e. The van der Waals surface area contributed by atoms with Crippen molar-refractivity contribution in [3.63, 3.8) is 0 Å². The molecule has 1 aliphatic carbocycles. The second kappa shape index (κ2) is 7.38. The van der Waals surface area contributed by atoms with E-state index in [0.29, 0.717) is 25.7 Å². The predicted molar refractivity (Wildman–Crippen MR) is 79.3 cm³/mol. The molecule has 1 aliphatic rings. The van der Waals surface area contributed by atoms with Crippen molar-refractivity contribution in [1.82, 2.24) is 13.9 Å². The lowest BCUT2D eigenvalue weighted by molar-refractivity contribution is 0.377. The fraction of sp³-hybridized carbons (Fsp3) is 0.846. The van der Waals surface area contributed by atoms with Gasteiger partial charge in [0, 0.05) is 32.7 Å². The Kier molecular flexibility index (Phi) is 6.46. The van der Waals surface area contributed by atoms with E-state index in [9.17, 15) is 8.42 Å². The third-order valence-electron chi connectivity index (χ3n) is 3.18. The summed E-state index contributed by atoms with van der Waals surface area (Å²) in [7, 11) is -1.71. The number of nitrogens with zero attached hydrogens (tertiary/aromatic N) is 2. The van der Waals surface area contributed by atoms with Gasteiger partial charge in [0.05, 0.1) is 0 Å². The highest BCUT2D eigenvalue weighted by atomic mass is 32.2. The first-order valence-electron chi connectivity index (χ1n) is 6.97. The first kappa shape index (κ1) is 16.6. The van der Waals surface area contributed by atoms with Gasteiger partial charge >= 0.3 is 0 Å². The van der Waals surface area contributed by atoms with E-state index in [0.717, 1.165) is 18.5 Å². The molecule has 1 saturated carbocycles. The van der Waals surface area contributed by atoms with Crippen LogP contribution in [-0.2, 0) is 10.2 Å². The summed E-state index contributed by atoms with van der Waals surface area (Å²) in [4.78, 5) is 0. The summed E-state index contributed by atoms with van der Waals surface area (Å²) in [5.74, 6) is 0. The van der Waals surface area contributed by atoms with Crippen molar-refractivity contribution < 1.29 is 8.42 Å². The van der Waals surface area contributed by atoms with Gasteiger partial charge in [0.1, 0.15) is 0 Å². The topological polar surface area (TPSA) is 52.7 Å². The van der Waals surface area contributed by atoms with Crippen LogP contribution in [0.3, 0.4) is 0 Å². The second-order valence-electron chi connectivity index (χ2n) is 5.29. The van der Waals surface area contributed by atoms with Gasteiger partial charge in [-0.25, -0.2) is 0 Å². The molecule has 0 unspecified atom stereocenters. The second-order valence-corrected chi connectivity index (χ2v) is 7.33. The SMILES string of the molecule is C=C(C)CN(CC)S(=O)(=O)N(C)CCCNC1CC1. The molecule has 0 atom stereocenters. The average Bonchev–Trinajstić information content (AvgIpc) is 3.14. The number of rotatable bonds is 10. The molecular weight excluding hydrogens is 262 g/mol. The molecule has 19 heavy (non-hydrogen) atoms. The minimum atomic E-state index is -3.35. The summed E-state index contributed by atoms with van der Waals surface area (Å²) in [6.07, 6.45) is 3.36. The lowest BCUT2D eigenvalue weighted by Gasteiger charge is -2.26. The van der Waals surface area contributed by atoms with E-state index in [4.69, 9.17) is 0 Å². The van der Waals surface area contributed by atoms with Crippen LogP contribution in [0, 0.1) is 0 Å². The lowest BCUT2D eigenvalue weighted by atomic mass is 10.3. The molecule has 0 aromatic carbocycles. The maximum atomic E-state index is 12.3. The van der Waals surface area contributed by atoms with Gasteiger partial charge in [-0.05, 0) is 32.7 Å². The predicted octanol–water partition coefficient (Wildman–Crippen LogP) is 1.20. The monoisotopic (exact) mass is 289 g/mol. The minimum Gasteiger partial charge on any atom is -0.314 e. The van der Waals surface area contributed by atoms with Crippen LogP contribution in [0.5, 0.6) is 0 Å². The van der Waals surface area contributed by atoms with Gasteiger partial charge in [-0.3, -0.25) is 0 Å². The van der Waals surface area contributed by atoms with Crippen LogP contribution in [0.1, 0.15) is 33.1 Å². The van der Waals surface area contributed by atoms with E-state index in [1.807, 2.05) is 13.8 Å². The normalized spacial score (nSPS) is 16.3. The fourth-order valence-corrected chi connectivity index (χ4v) is 3.33. The summed E-state index contributed by atoms with van der Waals surface area (Å²) in [6.45, 7) is 9.78. The fourth-order valence-electron chi connectivity index (χ4n) is 1.87.